The molecule has 1 atom stereocenters. The Labute approximate surface area is 200 Å². The second-order valence-electron chi connectivity index (χ2n) is 8.08. The van der Waals surface area contributed by atoms with Gasteiger partial charge in [0, 0.05) is 38.0 Å². The van der Waals surface area contributed by atoms with Crippen LogP contribution in [-0.4, -0.2) is 75.3 Å². The number of piperazine rings is 1. The number of halogens is 3. The number of hydrogen-bond acceptors (Lipinski definition) is 6. The lowest BCUT2D eigenvalue weighted by Gasteiger charge is -2.36. The van der Waals surface area contributed by atoms with Crippen LogP contribution in [0.15, 0.2) is 17.3 Å². The third-order valence-electron chi connectivity index (χ3n) is 5.12. The third kappa shape index (κ3) is 7.33. The molecule has 1 fully saturated rings. The highest BCUT2D eigenvalue weighted by atomic mass is 35.5. The molecule has 1 aromatic heterocycles. The van der Waals surface area contributed by atoms with E-state index in [0.29, 0.717) is 5.25 Å². The van der Waals surface area contributed by atoms with E-state index in [1.165, 1.54) is 0 Å². The summed E-state index contributed by atoms with van der Waals surface area (Å²) in [5, 5.41) is 21.1. The van der Waals surface area contributed by atoms with Crippen LogP contribution in [-0.2, 0) is 0 Å². The maximum atomic E-state index is 10.1. The molecule has 1 aromatic carbocycles. The van der Waals surface area contributed by atoms with Crippen molar-refractivity contribution in [2.24, 2.45) is 0 Å². The number of benzene rings is 1. The molecule has 30 heavy (non-hydrogen) atoms. The number of aromatic amines is 1. The number of thioether (sulfide) groups is 1. The number of rotatable bonds is 8. The van der Waals surface area contributed by atoms with Crippen LogP contribution in [0, 0.1) is 0 Å². The number of β-amino-alcohol motifs (C(OH)–C–C–N with tert-alkyl or cyclic N) is 1. The number of aliphatic hydroxyl groups is 2. The van der Waals surface area contributed by atoms with Gasteiger partial charge < -0.3 is 20.1 Å². The van der Waals surface area contributed by atoms with Gasteiger partial charge in [0.15, 0.2) is 5.16 Å². The molecule has 0 saturated carbocycles. The van der Waals surface area contributed by atoms with Gasteiger partial charge in [-0.2, -0.15) is 0 Å². The Bertz CT molecular complexity index is 792. The number of fused-ring (bicyclic) bond motifs is 1. The predicted octanol–water partition coefficient (Wildman–Crippen LogP) is 4.21. The molecule has 0 aliphatic carbocycles. The van der Waals surface area contributed by atoms with Crippen LogP contribution >= 0.6 is 48.2 Å². The monoisotopic (exact) mass is 498 g/mol. The van der Waals surface area contributed by atoms with Crippen LogP contribution in [0.1, 0.15) is 33.6 Å². The van der Waals surface area contributed by atoms with Gasteiger partial charge in [-0.3, -0.25) is 4.90 Å². The highest BCUT2D eigenvalue weighted by molar-refractivity contribution is 7.99. The van der Waals surface area contributed by atoms with Crippen LogP contribution in [0.5, 0.6) is 0 Å². The van der Waals surface area contributed by atoms with E-state index in [4.69, 9.17) is 21.7 Å². The van der Waals surface area contributed by atoms with Crippen molar-refractivity contribution >= 4 is 64.9 Å². The lowest BCUT2D eigenvalue weighted by atomic mass is 10.0. The summed E-state index contributed by atoms with van der Waals surface area (Å²) in [7, 11) is 0. The van der Waals surface area contributed by atoms with E-state index in [1.54, 1.807) is 11.8 Å². The summed E-state index contributed by atoms with van der Waals surface area (Å²) in [5.74, 6) is 0. The summed E-state index contributed by atoms with van der Waals surface area (Å²) in [6.45, 7) is 10.4. The zero-order valence-electron chi connectivity index (χ0n) is 17.7. The lowest BCUT2D eigenvalue weighted by molar-refractivity contribution is 0.0703. The Morgan fingerprint density at radius 2 is 1.90 bits per heavy atom. The molecule has 0 radical (unpaired) electrons. The fourth-order valence-electron chi connectivity index (χ4n) is 3.63. The van der Waals surface area contributed by atoms with Crippen molar-refractivity contribution in [3.8, 4) is 0 Å². The third-order valence-corrected chi connectivity index (χ3v) is 6.67. The molecule has 0 spiro atoms. The summed E-state index contributed by atoms with van der Waals surface area (Å²) < 4.78 is 0. The average Bonchev–Trinajstić information content (AvgIpc) is 3.01. The highest BCUT2D eigenvalue weighted by Gasteiger charge is 2.23. The summed E-state index contributed by atoms with van der Waals surface area (Å²) in [5.41, 5.74) is 2.18. The van der Waals surface area contributed by atoms with Gasteiger partial charge in [-0.05, 0) is 38.8 Å². The van der Waals surface area contributed by atoms with Crippen LogP contribution < -0.4 is 4.90 Å². The number of imidazole rings is 1. The van der Waals surface area contributed by atoms with Crippen LogP contribution in [0.4, 0.5) is 5.69 Å². The fraction of sp³-hybridized carbons (Fsp3) is 0.650. The number of hydrogen-bond donors (Lipinski definition) is 3. The van der Waals surface area contributed by atoms with Crippen molar-refractivity contribution < 1.29 is 10.2 Å². The van der Waals surface area contributed by atoms with Gasteiger partial charge in [0.25, 0.3) is 0 Å². The zero-order chi connectivity index (χ0) is 20.3. The molecular formula is C20H33Cl3N4O2S. The van der Waals surface area contributed by atoms with Gasteiger partial charge in [0.05, 0.1) is 34.0 Å². The first-order valence-electron chi connectivity index (χ1n) is 9.95. The van der Waals surface area contributed by atoms with Crippen LogP contribution in [0.25, 0.3) is 11.0 Å². The molecule has 0 amide bonds. The van der Waals surface area contributed by atoms with Crippen LogP contribution in [0.3, 0.4) is 0 Å². The SMILES string of the molecule is CCC(CC(C)(C)O)Sc1nc2cc(N3CCN(CCO)CC3)c(Cl)cc2[nH]1.Cl.Cl. The predicted molar refractivity (Wildman–Crippen MR) is 132 cm³/mol. The fourth-order valence-corrected chi connectivity index (χ4v) is 5.21. The number of H-pyrrole nitrogens is 1. The first-order valence-corrected chi connectivity index (χ1v) is 11.2. The first kappa shape index (κ1) is 27.6. The quantitative estimate of drug-likeness (QED) is 0.473. The van der Waals surface area contributed by atoms with Gasteiger partial charge in [0.2, 0.25) is 0 Å². The van der Waals surface area contributed by atoms with Crippen molar-refractivity contribution in [2.75, 3.05) is 44.2 Å². The van der Waals surface area contributed by atoms with Gasteiger partial charge in [-0.25, -0.2) is 4.98 Å². The highest BCUT2D eigenvalue weighted by Crippen LogP contribution is 2.34. The Morgan fingerprint density at radius 3 is 2.47 bits per heavy atom. The first-order chi connectivity index (χ1) is 13.3. The number of anilines is 1. The minimum atomic E-state index is -0.686. The molecule has 2 aromatic rings. The van der Waals surface area contributed by atoms with Gasteiger partial charge in [0.1, 0.15) is 0 Å². The van der Waals surface area contributed by atoms with Crippen molar-refractivity contribution in [3.63, 3.8) is 0 Å². The molecule has 6 nitrogen and oxygen atoms in total. The van der Waals surface area contributed by atoms with Crippen molar-refractivity contribution in [1.29, 1.82) is 0 Å². The maximum Gasteiger partial charge on any atom is 0.166 e. The minimum Gasteiger partial charge on any atom is -0.395 e. The second-order valence-corrected chi connectivity index (χ2v) is 9.78. The summed E-state index contributed by atoms with van der Waals surface area (Å²) in [4.78, 5) is 12.7. The molecular weight excluding hydrogens is 467 g/mol. The smallest absolute Gasteiger partial charge is 0.166 e. The van der Waals surface area contributed by atoms with Crippen molar-refractivity contribution in [3.05, 3.63) is 17.2 Å². The number of nitrogens with one attached hydrogen (secondary N) is 1. The lowest BCUT2D eigenvalue weighted by Crippen LogP contribution is -2.47. The number of nitrogens with zero attached hydrogens (tertiary/aromatic N) is 3. The molecule has 2 heterocycles. The molecule has 10 heteroatoms. The topological polar surface area (TPSA) is 75.6 Å². The number of aliphatic hydroxyl groups excluding tert-OH is 1. The maximum absolute atomic E-state index is 10.1. The standard InChI is InChI=1S/C20H31ClN4O2S.2ClH/c1-4-14(13-20(2,3)27)28-19-22-16-11-15(21)18(12-17(16)23-19)25-7-5-24(6-8-25)9-10-26;;/h11-12,14,26-27H,4-10,13H2,1-3H3,(H,22,23);2*1H. The van der Waals surface area contributed by atoms with E-state index in [0.717, 1.165) is 72.5 Å². The van der Waals surface area contributed by atoms with Gasteiger partial charge in [-0.15, -0.1) is 24.8 Å². The van der Waals surface area contributed by atoms with E-state index in [2.05, 4.69) is 27.8 Å². The summed E-state index contributed by atoms with van der Waals surface area (Å²) in [6, 6.07) is 4.02. The van der Waals surface area contributed by atoms with E-state index in [-0.39, 0.29) is 31.4 Å². The second kappa shape index (κ2) is 12.0. The Morgan fingerprint density at radius 1 is 1.23 bits per heavy atom. The molecule has 3 N–H and O–H groups in total. The molecule has 1 aliphatic heterocycles. The molecule has 3 rings (SSSR count). The van der Waals surface area contributed by atoms with E-state index in [1.807, 2.05) is 19.9 Å². The summed E-state index contributed by atoms with van der Waals surface area (Å²) in [6.07, 6.45) is 1.69. The summed E-state index contributed by atoms with van der Waals surface area (Å²) >= 11 is 8.26. The molecule has 172 valence electrons. The van der Waals surface area contributed by atoms with Crippen molar-refractivity contribution in [1.82, 2.24) is 14.9 Å². The molecule has 1 aliphatic rings. The largest absolute Gasteiger partial charge is 0.395 e. The van der Waals surface area contributed by atoms with Crippen LogP contribution in [0.2, 0.25) is 5.02 Å². The Hall–Kier alpha value is -0.410. The zero-order valence-corrected chi connectivity index (χ0v) is 20.9. The van der Waals surface area contributed by atoms with Gasteiger partial charge in [-0.1, -0.05) is 30.3 Å². The molecule has 0 bridgehead atoms. The Kier molecular flexibility index (Phi) is 11.0. The van der Waals surface area contributed by atoms with E-state index < -0.39 is 5.60 Å². The van der Waals surface area contributed by atoms with Gasteiger partial charge >= 0.3 is 0 Å². The van der Waals surface area contributed by atoms with E-state index in [9.17, 15) is 5.11 Å². The normalized spacial score (nSPS) is 16.3. The minimum absolute atomic E-state index is 0. The van der Waals surface area contributed by atoms with Crippen molar-refractivity contribution in [2.45, 2.75) is 49.6 Å². The Balaban J connectivity index is 0.00000225. The number of aromatic nitrogens is 2. The van der Waals surface area contributed by atoms with E-state index >= 15 is 0 Å². The average molecular weight is 500 g/mol. The molecule has 1 saturated heterocycles. The molecule has 1 unspecified atom stereocenters.